The van der Waals surface area contributed by atoms with Crippen LogP contribution in [0, 0.1) is 0 Å². The van der Waals surface area contributed by atoms with Gasteiger partial charge in [0.25, 0.3) is 5.91 Å². The van der Waals surface area contributed by atoms with Crippen molar-refractivity contribution in [3.63, 3.8) is 0 Å². The van der Waals surface area contributed by atoms with Crippen molar-refractivity contribution in [2.24, 2.45) is 0 Å². The van der Waals surface area contributed by atoms with E-state index >= 15 is 0 Å². The van der Waals surface area contributed by atoms with Gasteiger partial charge in [-0.15, -0.1) is 0 Å². The second kappa shape index (κ2) is 6.36. The number of hydrogen-bond donors (Lipinski definition) is 1. The Labute approximate surface area is 117 Å². The van der Waals surface area contributed by atoms with Crippen LogP contribution in [-0.4, -0.2) is 52.8 Å². The number of rotatable bonds is 2. The molecule has 2 amide bonds. The minimum absolute atomic E-state index is 0.108. The summed E-state index contributed by atoms with van der Waals surface area (Å²) < 4.78 is 0. The number of amides is 2. The summed E-state index contributed by atoms with van der Waals surface area (Å²) in [7, 11) is 0. The van der Waals surface area contributed by atoms with Crippen LogP contribution in [-0.2, 0) is 4.79 Å². The van der Waals surface area contributed by atoms with E-state index in [4.69, 9.17) is 0 Å². The zero-order valence-corrected chi connectivity index (χ0v) is 11.6. The standard InChI is InChI=1S/C14H19N3O3/c1-2-13(19)16-6-3-7-17(9-8-16)14(20)11-10-15-5-4-12(11)18/h4-5,10H,2-3,6-9H2,1H3,(H,15,18). The minimum atomic E-state index is -0.278. The molecule has 0 spiro atoms. The van der Waals surface area contributed by atoms with Gasteiger partial charge in [0.15, 0.2) is 5.43 Å². The van der Waals surface area contributed by atoms with Gasteiger partial charge in [0.05, 0.1) is 0 Å². The summed E-state index contributed by atoms with van der Waals surface area (Å²) in [4.78, 5) is 41.9. The fourth-order valence-corrected chi connectivity index (χ4v) is 2.35. The van der Waals surface area contributed by atoms with E-state index in [1.807, 2.05) is 6.92 Å². The molecule has 0 bridgehead atoms. The number of hydrogen-bond acceptors (Lipinski definition) is 3. The van der Waals surface area contributed by atoms with Gasteiger partial charge in [-0.2, -0.15) is 0 Å². The minimum Gasteiger partial charge on any atom is -0.367 e. The normalized spacial score (nSPS) is 15.8. The SMILES string of the molecule is CCC(=O)N1CCCN(C(=O)c2c[nH]ccc2=O)CC1. The summed E-state index contributed by atoms with van der Waals surface area (Å²) in [6, 6.07) is 1.35. The van der Waals surface area contributed by atoms with E-state index in [0.717, 1.165) is 6.42 Å². The lowest BCUT2D eigenvalue weighted by Gasteiger charge is -2.21. The van der Waals surface area contributed by atoms with Crippen LogP contribution in [0.15, 0.2) is 23.3 Å². The molecule has 1 fully saturated rings. The molecule has 108 valence electrons. The van der Waals surface area contributed by atoms with Crippen molar-refractivity contribution in [3.8, 4) is 0 Å². The van der Waals surface area contributed by atoms with Crippen molar-refractivity contribution in [2.45, 2.75) is 19.8 Å². The summed E-state index contributed by atoms with van der Waals surface area (Å²) in [5.74, 6) is -0.158. The fourth-order valence-electron chi connectivity index (χ4n) is 2.35. The Morgan fingerprint density at radius 3 is 2.60 bits per heavy atom. The number of carbonyl (C=O) groups excluding carboxylic acids is 2. The van der Waals surface area contributed by atoms with Crippen LogP contribution in [0.4, 0.5) is 0 Å². The Bertz CT molecular complexity index is 553. The monoisotopic (exact) mass is 277 g/mol. The summed E-state index contributed by atoms with van der Waals surface area (Å²) in [6.07, 6.45) is 4.15. The van der Waals surface area contributed by atoms with Crippen molar-refractivity contribution in [3.05, 3.63) is 34.2 Å². The van der Waals surface area contributed by atoms with Gasteiger partial charge in [0.1, 0.15) is 5.56 Å². The van der Waals surface area contributed by atoms with Gasteiger partial charge in [-0.05, 0) is 6.42 Å². The molecule has 0 aromatic carbocycles. The predicted molar refractivity (Wildman–Crippen MR) is 74.5 cm³/mol. The van der Waals surface area contributed by atoms with Crippen LogP contribution in [0.1, 0.15) is 30.1 Å². The van der Waals surface area contributed by atoms with Crippen LogP contribution in [0.3, 0.4) is 0 Å². The van der Waals surface area contributed by atoms with Gasteiger partial charge in [0.2, 0.25) is 5.91 Å². The molecule has 0 radical (unpaired) electrons. The molecule has 1 aliphatic rings. The van der Waals surface area contributed by atoms with Gasteiger partial charge < -0.3 is 14.8 Å². The van der Waals surface area contributed by atoms with Crippen molar-refractivity contribution in [2.75, 3.05) is 26.2 Å². The average molecular weight is 277 g/mol. The molecule has 1 aromatic rings. The van der Waals surface area contributed by atoms with Crippen molar-refractivity contribution in [1.82, 2.24) is 14.8 Å². The fraction of sp³-hybridized carbons (Fsp3) is 0.500. The first-order chi connectivity index (χ1) is 9.63. The Hall–Kier alpha value is -2.11. The highest BCUT2D eigenvalue weighted by Gasteiger charge is 2.23. The van der Waals surface area contributed by atoms with E-state index in [1.54, 1.807) is 9.80 Å². The maximum absolute atomic E-state index is 12.3. The highest BCUT2D eigenvalue weighted by atomic mass is 16.2. The lowest BCUT2D eigenvalue weighted by atomic mass is 10.2. The molecule has 1 saturated heterocycles. The summed E-state index contributed by atoms with van der Waals surface area (Å²) in [6.45, 7) is 4.07. The molecule has 2 heterocycles. The van der Waals surface area contributed by atoms with Gasteiger partial charge >= 0.3 is 0 Å². The maximum atomic E-state index is 12.3. The number of pyridine rings is 1. The molecule has 1 aliphatic heterocycles. The van der Waals surface area contributed by atoms with Crippen LogP contribution >= 0.6 is 0 Å². The predicted octanol–water partition coefficient (Wildman–Crippen LogP) is 0.459. The lowest BCUT2D eigenvalue weighted by molar-refractivity contribution is -0.130. The summed E-state index contributed by atoms with van der Waals surface area (Å²) in [5, 5.41) is 0. The number of H-pyrrole nitrogens is 1. The number of nitrogens with zero attached hydrogens (tertiary/aromatic N) is 2. The maximum Gasteiger partial charge on any atom is 0.259 e. The zero-order chi connectivity index (χ0) is 14.5. The topological polar surface area (TPSA) is 73.5 Å². The number of nitrogens with one attached hydrogen (secondary N) is 1. The molecule has 0 saturated carbocycles. The van der Waals surface area contributed by atoms with Gasteiger partial charge in [-0.3, -0.25) is 14.4 Å². The molecule has 6 nitrogen and oxygen atoms in total. The molecule has 0 atom stereocenters. The molecule has 1 aromatic heterocycles. The highest BCUT2D eigenvalue weighted by Crippen LogP contribution is 2.07. The Kier molecular flexibility index (Phi) is 4.55. The van der Waals surface area contributed by atoms with Gasteiger partial charge in [-0.25, -0.2) is 0 Å². The molecule has 0 aliphatic carbocycles. The molecule has 1 N–H and O–H groups in total. The average Bonchev–Trinajstić information content (AvgIpc) is 2.72. The second-order valence-electron chi connectivity index (χ2n) is 4.80. The number of carbonyl (C=O) groups is 2. The first kappa shape index (κ1) is 14.3. The number of aromatic amines is 1. The smallest absolute Gasteiger partial charge is 0.259 e. The third-order valence-corrected chi connectivity index (χ3v) is 3.49. The van der Waals surface area contributed by atoms with Crippen molar-refractivity contribution >= 4 is 11.8 Å². The van der Waals surface area contributed by atoms with E-state index in [0.29, 0.717) is 32.6 Å². The molecule has 0 unspecified atom stereocenters. The third-order valence-electron chi connectivity index (χ3n) is 3.49. The third kappa shape index (κ3) is 3.07. The number of aromatic nitrogens is 1. The van der Waals surface area contributed by atoms with Crippen LogP contribution in [0.5, 0.6) is 0 Å². The molecule has 20 heavy (non-hydrogen) atoms. The molecule has 2 rings (SSSR count). The Balaban J connectivity index is 2.07. The van der Waals surface area contributed by atoms with E-state index < -0.39 is 0 Å². The molecule has 6 heteroatoms. The molecular formula is C14H19N3O3. The second-order valence-corrected chi connectivity index (χ2v) is 4.80. The van der Waals surface area contributed by atoms with Crippen LogP contribution < -0.4 is 5.43 Å². The van der Waals surface area contributed by atoms with E-state index in [9.17, 15) is 14.4 Å². The van der Waals surface area contributed by atoms with Crippen LogP contribution in [0.2, 0.25) is 0 Å². The zero-order valence-electron chi connectivity index (χ0n) is 11.6. The summed E-state index contributed by atoms with van der Waals surface area (Å²) in [5.41, 5.74) is -0.123. The van der Waals surface area contributed by atoms with Gasteiger partial charge in [0, 0.05) is 51.1 Å². The van der Waals surface area contributed by atoms with Crippen molar-refractivity contribution in [1.29, 1.82) is 0 Å². The first-order valence-electron chi connectivity index (χ1n) is 6.87. The molecular weight excluding hydrogens is 258 g/mol. The Morgan fingerprint density at radius 1 is 1.20 bits per heavy atom. The highest BCUT2D eigenvalue weighted by molar-refractivity contribution is 5.93. The van der Waals surface area contributed by atoms with E-state index in [1.165, 1.54) is 18.5 Å². The van der Waals surface area contributed by atoms with Crippen molar-refractivity contribution < 1.29 is 9.59 Å². The Morgan fingerprint density at radius 2 is 1.90 bits per heavy atom. The summed E-state index contributed by atoms with van der Waals surface area (Å²) >= 11 is 0. The quantitative estimate of drug-likeness (QED) is 0.853. The van der Waals surface area contributed by atoms with Gasteiger partial charge in [-0.1, -0.05) is 6.92 Å². The van der Waals surface area contributed by atoms with E-state index in [2.05, 4.69) is 4.98 Å². The first-order valence-corrected chi connectivity index (χ1v) is 6.87. The van der Waals surface area contributed by atoms with Crippen LogP contribution in [0.25, 0.3) is 0 Å². The largest absolute Gasteiger partial charge is 0.367 e. The lowest BCUT2D eigenvalue weighted by Crippen LogP contribution is -2.38. The van der Waals surface area contributed by atoms with E-state index in [-0.39, 0.29) is 22.8 Å².